The molecule has 3 N–H and O–H groups in total. The summed E-state index contributed by atoms with van der Waals surface area (Å²) in [6.07, 6.45) is 1.42. The SMILES string of the molecule is COc1cc(/C=N/NC(=O)c2ccc(O)c(Cl)c2)ccc1NC(=O)C(C)(C)Oc1ccc(Cl)cc1. The number of halogens is 2. The van der Waals surface area contributed by atoms with Crippen LogP contribution in [0, 0.1) is 0 Å². The molecule has 8 nitrogen and oxygen atoms in total. The van der Waals surface area contributed by atoms with Crippen molar-refractivity contribution in [2.45, 2.75) is 19.4 Å². The number of phenolic OH excluding ortho intramolecular Hbond substituents is 1. The number of amides is 2. The number of carbonyl (C=O) groups excluding carboxylic acids is 2. The molecule has 182 valence electrons. The van der Waals surface area contributed by atoms with Crippen molar-refractivity contribution in [1.82, 2.24) is 5.43 Å². The first kappa shape index (κ1) is 25.9. The molecule has 3 rings (SSSR count). The van der Waals surface area contributed by atoms with E-state index in [4.69, 9.17) is 32.7 Å². The molecule has 0 bridgehead atoms. The molecule has 0 radical (unpaired) electrons. The molecule has 0 saturated carbocycles. The molecule has 0 spiro atoms. The highest BCUT2D eigenvalue weighted by Gasteiger charge is 2.30. The van der Waals surface area contributed by atoms with Gasteiger partial charge in [-0.3, -0.25) is 9.59 Å². The van der Waals surface area contributed by atoms with Crippen molar-refractivity contribution in [1.29, 1.82) is 0 Å². The first-order valence-electron chi connectivity index (χ1n) is 10.3. The van der Waals surface area contributed by atoms with Gasteiger partial charge in [-0.25, -0.2) is 5.43 Å². The van der Waals surface area contributed by atoms with Gasteiger partial charge in [-0.2, -0.15) is 5.10 Å². The highest BCUT2D eigenvalue weighted by molar-refractivity contribution is 6.32. The van der Waals surface area contributed by atoms with Crippen LogP contribution in [0.1, 0.15) is 29.8 Å². The first-order chi connectivity index (χ1) is 16.6. The molecule has 0 aliphatic rings. The van der Waals surface area contributed by atoms with E-state index >= 15 is 0 Å². The summed E-state index contributed by atoms with van der Waals surface area (Å²) in [6, 6.07) is 15.8. The molecule has 0 aliphatic heterocycles. The Morgan fingerprint density at radius 1 is 1.03 bits per heavy atom. The quantitative estimate of drug-likeness (QED) is 0.279. The molecule has 0 fully saturated rings. The van der Waals surface area contributed by atoms with Crippen LogP contribution in [0.5, 0.6) is 17.2 Å². The van der Waals surface area contributed by atoms with Crippen molar-refractivity contribution in [3.05, 3.63) is 81.8 Å². The van der Waals surface area contributed by atoms with Gasteiger partial charge in [0.2, 0.25) is 0 Å². The Morgan fingerprint density at radius 3 is 2.40 bits per heavy atom. The van der Waals surface area contributed by atoms with Crippen LogP contribution in [0.25, 0.3) is 0 Å². The van der Waals surface area contributed by atoms with Gasteiger partial charge in [0.1, 0.15) is 17.2 Å². The molecular formula is C25H23Cl2N3O5. The summed E-state index contributed by atoms with van der Waals surface area (Å²) in [5, 5.41) is 16.8. The van der Waals surface area contributed by atoms with E-state index < -0.39 is 11.5 Å². The van der Waals surface area contributed by atoms with Crippen LogP contribution < -0.4 is 20.2 Å². The molecular weight excluding hydrogens is 493 g/mol. The molecule has 0 aromatic heterocycles. The summed E-state index contributed by atoms with van der Waals surface area (Å²) in [5.41, 5.74) is 2.49. The number of hydrogen-bond acceptors (Lipinski definition) is 6. The lowest BCUT2D eigenvalue weighted by molar-refractivity contribution is -0.128. The second kappa shape index (κ2) is 11.1. The van der Waals surface area contributed by atoms with Gasteiger partial charge >= 0.3 is 0 Å². The Balaban J connectivity index is 1.65. The van der Waals surface area contributed by atoms with Crippen LogP contribution in [0.15, 0.2) is 65.8 Å². The monoisotopic (exact) mass is 515 g/mol. The van der Waals surface area contributed by atoms with E-state index in [-0.39, 0.29) is 22.2 Å². The molecule has 3 aromatic carbocycles. The standard InChI is InChI=1S/C25H23Cl2N3O5/c1-25(2,35-18-8-6-17(26)7-9-18)24(33)29-20-10-4-15(12-22(20)34-3)14-28-30-23(32)16-5-11-21(31)19(27)13-16/h4-14,31H,1-3H3,(H,29,33)(H,30,32)/b28-14+. The zero-order chi connectivity index (χ0) is 25.6. The van der Waals surface area contributed by atoms with Crippen LogP contribution in [0.2, 0.25) is 10.0 Å². The average molecular weight is 516 g/mol. The summed E-state index contributed by atoms with van der Waals surface area (Å²) in [6.45, 7) is 3.29. The highest BCUT2D eigenvalue weighted by Crippen LogP contribution is 2.28. The molecule has 0 aliphatic carbocycles. The number of aromatic hydroxyl groups is 1. The van der Waals surface area contributed by atoms with Gasteiger partial charge in [-0.05, 0) is 74.0 Å². The van der Waals surface area contributed by atoms with Gasteiger partial charge in [0.25, 0.3) is 11.8 Å². The molecule has 10 heteroatoms. The normalized spacial score (nSPS) is 11.2. The minimum Gasteiger partial charge on any atom is -0.506 e. The number of methoxy groups -OCH3 is 1. The second-order valence-corrected chi connectivity index (χ2v) is 8.69. The lowest BCUT2D eigenvalue weighted by Gasteiger charge is -2.25. The van der Waals surface area contributed by atoms with E-state index in [2.05, 4.69) is 15.8 Å². The van der Waals surface area contributed by atoms with Crippen LogP contribution in [0.4, 0.5) is 5.69 Å². The Labute approximate surface area is 212 Å². The number of rotatable bonds is 8. The van der Waals surface area contributed by atoms with E-state index in [1.165, 1.54) is 31.5 Å². The predicted molar refractivity (Wildman–Crippen MR) is 136 cm³/mol. The number of hydrazone groups is 1. The van der Waals surface area contributed by atoms with Gasteiger partial charge in [-0.15, -0.1) is 0 Å². The van der Waals surface area contributed by atoms with Gasteiger partial charge in [0, 0.05) is 10.6 Å². The number of anilines is 1. The van der Waals surface area contributed by atoms with Crippen molar-refractivity contribution >= 4 is 46.9 Å². The maximum Gasteiger partial charge on any atom is 0.271 e. The van der Waals surface area contributed by atoms with E-state index in [9.17, 15) is 14.7 Å². The average Bonchev–Trinajstić information content (AvgIpc) is 2.82. The maximum atomic E-state index is 12.9. The highest BCUT2D eigenvalue weighted by atomic mass is 35.5. The van der Waals surface area contributed by atoms with E-state index in [1.54, 1.807) is 56.3 Å². The van der Waals surface area contributed by atoms with Crippen molar-refractivity contribution in [3.63, 3.8) is 0 Å². The number of hydrogen-bond donors (Lipinski definition) is 3. The summed E-state index contributed by atoms with van der Waals surface area (Å²) >= 11 is 11.7. The summed E-state index contributed by atoms with van der Waals surface area (Å²) in [4.78, 5) is 25.1. The lowest BCUT2D eigenvalue weighted by Crippen LogP contribution is -2.42. The number of phenols is 1. The first-order valence-corrected chi connectivity index (χ1v) is 11.1. The van der Waals surface area contributed by atoms with Gasteiger partial charge in [0.05, 0.1) is 24.0 Å². The molecule has 2 amide bonds. The fourth-order valence-electron chi connectivity index (χ4n) is 2.89. The smallest absolute Gasteiger partial charge is 0.271 e. The largest absolute Gasteiger partial charge is 0.506 e. The number of nitrogens with zero attached hydrogens (tertiary/aromatic N) is 1. The van der Waals surface area contributed by atoms with Gasteiger partial charge < -0.3 is 19.9 Å². The maximum absolute atomic E-state index is 12.9. The van der Waals surface area contributed by atoms with E-state index in [1.807, 2.05) is 0 Å². The lowest BCUT2D eigenvalue weighted by atomic mass is 10.1. The molecule has 35 heavy (non-hydrogen) atoms. The second-order valence-electron chi connectivity index (χ2n) is 7.85. The minimum atomic E-state index is -1.18. The van der Waals surface area contributed by atoms with Crippen molar-refractivity contribution in [2.75, 3.05) is 12.4 Å². The number of ether oxygens (including phenoxy) is 2. The Morgan fingerprint density at radius 2 is 1.74 bits per heavy atom. The zero-order valence-electron chi connectivity index (χ0n) is 19.1. The predicted octanol–water partition coefficient (Wildman–Crippen LogP) is 5.27. The third kappa shape index (κ3) is 6.88. The van der Waals surface area contributed by atoms with E-state index in [0.29, 0.717) is 27.8 Å². The van der Waals surface area contributed by atoms with Crippen molar-refractivity contribution < 1.29 is 24.2 Å². The molecule has 0 heterocycles. The Hall–Kier alpha value is -3.75. The third-order valence-corrected chi connectivity index (χ3v) is 5.35. The van der Waals surface area contributed by atoms with Crippen LogP contribution >= 0.6 is 23.2 Å². The van der Waals surface area contributed by atoms with Crippen LogP contribution in [0.3, 0.4) is 0 Å². The molecule has 0 atom stereocenters. The number of nitrogens with one attached hydrogen (secondary N) is 2. The van der Waals surface area contributed by atoms with Crippen LogP contribution in [-0.2, 0) is 4.79 Å². The van der Waals surface area contributed by atoms with Crippen LogP contribution in [-0.4, -0.2) is 35.8 Å². The zero-order valence-corrected chi connectivity index (χ0v) is 20.6. The van der Waals surface area contributed by atoms with Gasteiger partial charge in [0.15, 0.2) is 5.60 Å². The minimum absolute atomic E-state index is 0.0609. The Kier molecular flexibility index (Phi) is 8.22. The van der Waals surface area contributed by atoms with E-state index in [0.717, 1.165) is 0 Å². The van der Waals surface area contributed by atoms with Crippen molar-refractivity contribution in [3.8, 4) is 17.2 Å². The summed E-state index contributed by atoms with van der Waals surface area (Å²) < 4.78 is 11.2. The summed E-state index contributed by atoms with van der Waals surface area (Å²) in [5.74, 6) is -0.106. The third-order valence-electron chi connectivity index (χ3n) is 4.80. The molecule has 0 unspecified atom stereocenters. The molecule has 3 aromatic rings. The Bertz CT molecular complexity index is 1260. The number of carbonyl (C=O) groups is 2. The fraction of sp³-hybridized carbons (Fsp3) is 0.160. The summed E-state index contributed by atoms with van der Waals surface area (Å²) in [7, 11) is 1.47. The topological polar surface area (TPSA) is 109 Å². The fourth-order valence-corrected chi connectivity index (χ4v) is 3.19. The van der Waals surface area contributed by atoms with Gasteiger partial charge in [-0.1, -0.05) is 29.3 Å². The number of benzene rings is 3. The molecule has 0 saturated heterocycles. The van der Waals surface area contributed by atoms with Crippen molar-refractivity contribution in [2.24, 2.45) is 5.10 Å².